The van der Waals surface area contributed by atoms with Crippen LogP contribution in [0.25, 0.3) is 0 Å². The molecule has 2 aliphatic rings. The van der Waals surface area contributed by atoms with Crippen molar-refractivity contribution in [3.05, 3.63) is 34.6 Å². The van der Waals surface area contributed by atoms with Gasteiger partial charge in [-0.2, -0.15) is 0 Å². The Bertz CT molecular complexity index is 640. The van der Waals surface area contributed by atoms with Gasteiger partial charge in [-0.3, -0.25) is 4.79 Å². The molecule has 0 saturated heterocycles. The molecular formula is C20H26ClF3N2O. The number of benzene rings is 1. The van der Waals surface area contributed by atoms with Gasteiger partial charge in [-0.05, 0) is 69.2 Å². The minimum atomic E-state index is -2.47. The molecule has 2 atom stereocenters. The second-order valence-corrected chi connectivity index (χ2v) is 8.32. The number of hydrogen-bond donors (Lipinski definition) is 2. The lowest BCUT2D eigenvalue weighted by Crippen LogP contribution is -2.36. The van der Waals surface area contributed by atoms with Crippen LogP contribution in [0.1, 0.15) is 61.7 Å². The Morgan fingerprint density at radius 1 is 1.11 bits per heavy atom. The molecule has 0 spiro atoms. The van der Waals surface area contributed by atoms with Gasteiger partial charge in [0, 0.05) is 35.5 Å². The van der Waals surface area contributed by atoms with E-state index in [0.29, 0.717) is 24.8 Å². The third kappa shape index (κ3) is 6.11. The maximum absolute atomic E-state index is 13.4. The number of hydrogen-bond acceptors (Lipinski definition) is 2. The third-order valence-electron chi connectivity index (χ3n) is 5.71. The van der Waals surface area contributed by atoms with E-state index in [-0.39, 0.29) is 35.4 Å². The van der Waals surface area contributed by atoms with E-state index < -0.39 is 11.7 Å². The van der Waals surface area contributed by atoms with E-state index in [1.54, 1.807) is 0 Å². The summed E-state index contributed by atoms with van der Waals surface area (Å²) in [6.45, 7) is 0.821. The van der Waals surface area contributed by atoms with Gasteiger partial charge in [0.15, 0.2) is 0 Å². The molecule has 1 aromatic carbocycles. The van der Waals surface area contributed by atoms with Crippen molar-refractivity contribution in [1.82, 2.24) is 10.6 Å². The molecule has 0 bridgehead atoms. The minimum Gasteiger partial charge on any atom is -0.349 e. The molecule has 2 fully saturated rings. The summed E-state index contributed by atoms with van der Waals surface area (Å²) in [5.41, 5.74) is 0.227. The number of carbonyl (C=O) groups is 1. The Morgan fingerprint density at radius 3 is 2.52 bits per heavy atom. The highest BCUT2D eigenvalue weighted by Crippen LogP contribution is 2.37. The summed E-state index contributed by atoms with van der Waals surface area (Å²) < 4.78 is 39.7. The molecule has 27 heavy (non-hydrogen) atoms. The highest BCUT2D eigenvalue weighted by atomic mass is 35.5. The zero-order valence-corrected chi connectivity index (χ0v) is 16.0. The first-order valence-electron chi connectivity index (χ1n) is 9.69. The summed E-state index contributed by atoms with van der Waals surface area (Å²) in [5.74, 6) is -2.93. The second-order valence-electron chi connectivity index (χ2n) is 7.88. The molecular weight excluding hydrogens is 377 g/mol. The summed E-state index contributed by atoms with van der Waals surface area (Å²) >= 11 is 5.80. The number of halogens is 4. The van der Waals surface area contributed by atoms with Crippen LogP contribution in [0.4, 0.5) is 13.2 Å². The van der Waals surface area contributed by atoms with E-state index >= 15 is 0 Å². The standard InChI is InChI=1S/C20H26ClF3N2O/c21-15-9-14(10-16(22)11-15)19(27)26-18-2-1-17(12-18)25-8-5-13-3-6-20(23,24)7-4-13/h9-11,13,17-18,25H,1-8,12H2,(H,26,27)/t17-,18-/m0/s1. The minimum absolute atomic E-state index is 0.0132. The lowest BCUT2D eigenvalue weighted by molar-refractivity contribution is -0.0464. The fourth-order valence-corrected chi connectivity index (χ4v) is 4.35. The topological polar surface area (TPSA) is 41.1 Å². The van der Waals surface area contributed by atoms with E-state index in [1.807, 2.05) is 0 Å². The van der Waals surface area contributed by atoms with Gasteiger partial charge in [-0.25, -0.2) is 13.2 Å². The van der Waals surface area contributed by atoms with Crippen LogP contribution < -0.4 is 10.6 Å². The van der Waals surface area contributed by atoms with Crippen molar-refractivity contribution in [3.8, 4) is 0 Å². The number of rotatable bonds is 6. The van der Waals surface area contributed by atoms with Crippen LogP contribution in [0.15, 0.2) is 18.2 Å². The zero-order chi connectivity index (χ0) is 19.4. The summed E-state index contributed by atoms with van der Waals surface area (Å²) in [6.07, 6.45) is 4.80. The highest BCUT2D eigenvalue weighted by molar-refractivity contribution is 6.31. The molecule has 2 saturated carbocycles. The molecule has 1 aromatic rings. The molecule has 0 unspecified atom stereocenters. The van der Waals surface area contributed by atoms with E-state index in [4.69, 9.17) is 11.6 Å². The molecule has 1 amide bonds. The Kier molecular flexibility index (Phi) is 6.69. The molecule has 2 N–H and O–H groups in total. The summed E-state index contributed by atoms with van der Waals surface area (Å²) in [7, 11) is 0. The largest absolute Gasteiger partial charge is 0.349 e. The molecule has 150 valence electrons. The first-order chi connectivity index (χ1) is 12.8. The summed E-state index contributed by atoms with van der Waals surface area (Å²) in [6, 6.07) is 4.17. The van der Waals surface area contributed by atoms with Crippen molar-refractivity contribution in [2.75, 3.05) is 6.54 Å². The van der Waals surface area contributed by atoms with Crippen molar-refractivity contribution in [3.63, 3.8) is 0 Å². The molecule has 2 aliphatic carbocycles. The number of nitrogens with one attached hydrogen (secondary N) is 2. The van der Waals surface area contributed by atoms with Gasteiger partial charge < -0.3 is 10.6 Å². The van der Waals surface area contributed by atoms with Crippen molar-refractivity contribution >= 4 is 17.5 Å². The first-order valence-corrected chi connectivity index (χ1v) is 10.1. The van der Waals surface area contributed by atoms with E-state index in [2.05, 4.69) is 10.6 Å². The summed E-state index contributed by atoms with van der Waals surface area (Å²) in [5, 5.41) is 6.63. The summed E-state index contributed by atoms with van der Waals surface area (Å²) in [4.78, 5) is 12.3. The predicted molar refractivity (Wildman–Crippen MR) is 99.8 cm³/mol. The van der Waals surface area contributed by atoms with Gasteiger partial charge in [-0.15, -0.1) is 0 Å². The smallest absolute Gasteiger partial charge is 0.251 e. The maximum atomic E-state index is 13.4. The maximum Gasteiger partial charge on any atom is 0.251 e. The lowest BCUT2D eigenvalue weighted by atomic mass is 9.85. The average Bonchev–Trinajstić information content (AvgIpc) is 3.03. The molecule has 0 aliphatic heterocycles. The molecule has 0 aromatic heterocycles. The first kappa shape index (κ1) is 20.5. The van der Waals surface area contributed by atoms with Gasteiger partial charge in [0.05, 0.1) is 0 Å². The SMILES string of the molecule is O=C(N[C@H]1CC[C@H](NCCC2CCC(F)(F)CC2)C1)c1cc(F)cc(Cl)c1. The van der Waals surface area contributed by atoms with Crippen LogP contribution >= 0.6 is 11.6 Å². The third-order valence-corrected chi connectivity index (χ3v) is 5.93. The molecule has 3 nitrogen and oxygen atoms in total. The van der Waals surface area contributed by atoms with Crippen LogP contribution in [0, 0.1) is 11.7 Å². The average molecular weight is 403 g/mol. The quantitative estimate of drug-likeness (QED) is 0.708. The second kappa shape index (κ2) is 8.82. The number of carbonyl (C=O) groups excluding carboxylic acids is 1. The molecule has 0 heterocycles. The number of alkyl halides is 2. The van der Waals surface area contributed by atoms with Crippen molar-refractivity contribution < 1.29 is 18.0 Å². The number of amides is 1. The van der Waals surface area contributed by atoms with E-state index in [1.165, 1.54) is 18.2 Å². The van der Waals surface area contributed by atoms with Gasteiger partial charge in [-0.1, -0.05) is 11.6 Å². The molecule has 3 rings (SSSR count). The van der Waals surface area contributed by atoms with Crippen molar-refractivity contribution in [2.24, 2.45) is 5.92 Å². The Balaban J connectivity index is 1.37. The fourth-order valence-electron chi connectivity index (χ4n) is 4.13. The Morgan fingerprint density at radius 2 is 1.81 bits per heavy atom. The van der Waals surface area contributed by atoms with Gasteiger partial charge in [0.1, 0.15) is 5.82 Å². The molecule has 7 heteroatoms. The van der Waals surface area contributed by atoms with Gasteiger partial charge in [0.2, 0.25) is 5.92 Å². The zero-order valence-electron chi connectivity index (χ0n) is 15.2. The lowest BCUT2D eigenvalue weighted by Gasteiger charge is -2.28. The van der Waals surface area contributed by atoms with Gasteiger partial charge >= 0.3 is 0 Å². The van der Waals surface area contributed by atoms with Crippen molar-refractivity contribution in [2.45, 2.75) is 69.4 Å². The Labute approximate surface area is 163 Å². The van der Waals surface area contributed by atoms with E-state index in [0.717, 1.165) is 32.2 Å². The van der Waals surface area contributed by atoms with Crippen LogP contribution in [-0.4, -0.2) is 30.5 Å². The fraction of sp³-hybridized carbons (Fsp3) is 0.650. The van der Waals surface area contributed by atoms with Crippen LogP contribution in [0.2, 0.25) is 5.02 Å². The monoisotopic (exact) mass is 402 g/mol. The normalized spacial score (nSPS) is 25.5. The van der Waals surface area contributed by atoms with Crippen LogP contribution in [0.5, 0.6) is 0 Å². The molecule has 0 radical (unpaired) electrons. The van der Waals surface area contributed by atoms with E-state index in [9.17, 15) is 18.0 Å². The van der Waals surface area contributed by atoms with Crippen molar-refractivity contribution in [1.29, 1.82) is 0 Å². The Hall–Kier alpha value is -1.27. The van der Waals surface area contributed by atoms with Crippen LogP contribution in [-0.2, 0) is 0 Å². The van der Waals surface area contributed by atoms with Crippen LogP contribution in [0.3, 0.4) is 0 Å². The highest BCUT2D eigenvalue weighted by Gasteiger charge is 2.34. The van der Waals surface area contributed by atoms with Gasteiger partial charge in [0.25, 0.3) is 5.91 Å². The predicted octanol–water partition coefficient (Wildman–Crippen LogP) is 4.94.